The Morgan fingerprint density at radius 2 is 2.17 bits per heavy atom. The van der Waals surface area contributed by atoms with Crippen LogP contribution in [-0.4, -0.2) is 35.9 Å². The molecule has 0 aliphatic rings. The Kier molecular flexibility index (Phi) is 5.75. The molecule has 1 atom stereocenters. The van der Waals surface area contributed by atoms with E-state index < -0.39 is 0 Å². The average molecular weight is 269 g/mol. The van der Waals surface area contributed by atoms with Crippen LogP contribution in [0.4, 0.5) is 0 Å². The normalized spacial score (nSPS) is 12.8. The fraction of sp³-hybridized carbons (Fsp3) is 0.692. The van der Waals surface area contributed by atoms with Crippen LogP contribution in [0.3, 0.4) is 0 Å². The van der Waals surface area contributed by atoms with Gasteiger partial charge in [-0.2, -0.15) is 0 Å². The van der Waals surface area contributed by atoms with E-state index in [0.717, 1.165) is 17.1 Å². The second kappa shape index (κ2) is 6.85. The lowest BCUT2D eigenvalue weighted by molar-refractivity contribution is -0.131. The highest BCUT2D eigenvalue weighted by Crippen LogP contribution is 2.11. The molecule has 102 valence electrons. The summed E-state index contributed by atoms with van der Waals surface area (Å²) in [7, 11) is 3.59. The van der Waals surface area contributed by atoms with Gasteiger partial charge in [0.15, 0.2) is 0 Å². The number of aromatic nitrogens is 1. The number of nitrogens with zero attached hydrogens (tertiary/aromatic N) is 2. The first kappa shape index (κ1) is 15.1. The molecule has 0 bridgehead atoms. The molecular formula is C13H23N3OS. The van der Waals surface area contributed by atoms with E-state index in [1.807, 2.05) is 12.3 Å². The zero-order chi connectivity index (χ0) is 13.7. The smallest absolute Gasteiger partial charge is 0.239 e. The molecule has 1 aromatic rings. The van der Waals surface area contributed by atoms with Gasteiger partial charge in [-0.1, -0.05) is 13.8 Å². The maximum atomic E-state index is 12.1. The van der Waals surface area contributed by atoms with E-state index in [4.69, 9.17) is 0 Å². The second-order valence-corrected chi connectivity index (χ2v) is 6.12. The Balaban J connectivity index is 2.58. The van der Waals surface area contributed by atoms with Crippen molar-refractivity contribution in [3.8, 4) is 0 Å². The molecule has 1 heterocycles. The summed E-state index contributed by atoms with van der Waals surface area (Å²) in [5, 5.41) is 6.38. The predicted molar refractivity (Wildman–Crippen MR) is 75.6 cm³/mol. The zero-order valence-corrected chi connectivity index (χ0v) is 12.7. The Morgan fingerprint density at radius 1 is 1.50 bits per heavy atom. The monoisotopic (exact) mass is 269 g/mol. The molecule has 0 aliphatic heterocycles. The van der Waals surface area contributed by atoms with Gasteiger partial charge in [0.25, 0.3) is 0 Å². The summed E-state index contributed by atoms with van der Waals surface area (Å²) in [5.41, 5.74) is 1.04. The van der Waals surface area contributed by atoms with Crippen molar-refractivity contribution in [2.24, 2.45) is 5.92 Å². The van der Waals surface area contributed by atoms with Crippen LogP contribution in [-0.2, 0) is 11.3 Å². The number of carbonyl (C=O) groups is 1. The van der Waals surface area contributed by atoms with Gasteiger partial charge in [0.05, 0.1) is 6.04 Å². The van der Waals surface area contributed by atoms with Gasteiger partial charge < -0.3 is 4.90 Å². The Morgan fingerprint density at radius 3 is 2.61 bits per heavy atom. The molecule has 0 saturated heterocycles. The summed E-state index contributed by atoms with van der Waals surface area (Å²) < 4.78 is 0. The minimum atomic E-state index is -0.121. The Bertz CT molecular complexity index is 387. The van der Waals surface area contributed by atoms with Crippen LogP contribution >= 0.6 is 11.3 Å². The van der Waals surface area contributed by atoms with Crippen molar-refractivity contribution < 1.29 is 4.79 Å². The number of aryl methyl sites for hydroxylation is 1. The minimum absolute atomic E-state index is 0.121. The van der Waals surface area contributed by atoms with Gasteiger partial charge >= 0.3 is 0 Å². The number of likely N-dealkylation sites (N-methyl/N-ethyl adjacent to an activating group) is 1. The van der Waals surface area contributed by atoms with Crippen LogP contribution in [0.15, 0.2) is 5.38 Å². The highest BCUT2D eigenvalue weighted by molar-refractivity contribution is 7.09. The predicted octanol–water partition coefficient (Wildman–Crippen LogP) is 2.04. The molecule has 1 aromatic heterocycles. The third-order valence-corrected chi connectivity index (χ3v) is 3.58. The van der Waals surface area contributed by atoms with Gasteiger partial charge in [-0.25, -0.2) is 4.98 Å². The van der Waals surface area contributed by atoms with Gasteiger partial charge in [0.1, 0.15) is 5.01 Å². The van der Waals surface area contributed by atoms with Gasteiger partial charge in [0.2, 0.25) is 5.91 Å². The number of thiazole rings is 1. The first-order chi connectivity index (χ1) is 8.40. The fourth-order valence-electron chi connectivity index (χ4n) is 1.75. The molecule has 0 saturated carbocycles. The molecule has 0 radical (unpaired) electrons. The maximum Gasteiger partial charge on any atom is 0.239 e. The molecule has 1 amide bonds. The molecule has 1 N–H and O–H groups in total. The number of rotatable bonds is 6. The van der Waals surface area contributed by atoms with Gasteiger partial charge in [0, 0.05) is 31.7 Å². The summed E-state index contributed by atoms with van der Waals surface area (Å²) >= 11 is 1.63. The van der Waals surface area contributed by atoms with Gasteiger partial charge in [-0.3, -0.25) is 10.1 Å². The number of hydrogen-bond acceptors (Lipinski definition) is 4. The first-order valence-electron chi connectivity index (χ1n) is 6.25. The lowest BCUT2D eigenvalue weighted by atomic mass is 10.0. The van der Waals surface area contributed by atoms with Crippen molar-refractivity contribution in [2.75, 3.05) is 14.1 Å². The average Bonchev–Trinajstić information content (AvgIpc) is 2.68. The lowest BCUT2D eigenvalue weighted by Gasteiger charge is -2.22. The van der Waals surface area contributed by atoms with Crippen molar-refractivity contribution in [1.29, 1.82) is 0 Å². The summed E-state index contributed by atoms with van der Waals surface area (Å²) in [6.45, 7) is 6.91. The number of hydrogen-bond donors (Lipinski definition) is 1. The fourth-order valence-corrected chi connectivity index (χ4v) is 2.47. The van der Waals surface area contributed by atoms with E-state index in [0.29, 0.717) is 12.5 Å². The summed E-state index contributed by atoms with van der Waals surface area (Å²) in [4.78, 5) is 18.1. The third-order valence-electron chi connectivity index (χ3n) is 2.61. The van der Waals surface area contributed by atoms with Crippen molar-refractivity contribution >= 4 is 17.2 Å². The summed E-state index contributed by atoms with van der Waals surface area (Å²) in [5.74, 6) is 0.626. The van der Waals surface area contributed by atoms with Gasteiger partial charge in [-0.05, 0) is 19.3 Å². The van der Waals surface area contributed by atoms with Crippen LogP contribution < -0.4 is 5.32 Å². The largest absolute Gasteiger partial charge is 0.347 e. The molecule has 1 unspecified atom stereocenters. The van der Waals surface area contributed by atoms with E-state index in [2.05, 4.69) is 24.1 Å². The molecule has 0 spiro atoms. The standard InChI is InChI=1S/C13H23N3OS/c1-9(2)6-11(13(17)16(4)5)14-7-12-15-10(3)8-18-12/h8-9,11,14H,6-7H2,1-5H3. The number of nitrogens with one attached hydrogen (secondary N) is 1. The highest BCUT2D eigenvalue weighted by atomic mass is 32.1. The molecule has 0 aliphatic carbocycles. The minimum Gasteiger partial charge on any atom is -0.347 e. The topological polar surface area (TPSA) is 45.2 Å². The third kappa shape index (κ3) is 4.74. The SMILES string of the molecule is Cc1csc(CNC(CC(C)C)C(=O)N(C)C)n1. The van der Waals surface area contributed by atoms with E-state index in [1.54, 1.807) is 30.3 Å². The van der Waals surface area contributed by atoms with Crippen molar-refractivity contribution in [2.45, 2.75) is 39.8 Å². The summed E-state index contributed by atoms with van der Waals surface area (Å²) in [6, 6.07) is -0.121. The van der Waals surface area contributed by atoms with E-state index in [1.165, 1.54) is 0 Å². The zero-order valence-electron chi connectivity index (χ0n) is 11.9. The van der Waals surface area contributed by atoms with Crippen LogP contribution in [0.2, 0.25) is 0 Å². The summed E-state index contributed by atoms with van der Waals surface area (Å²) in [6.07, 6.45) is 0.849. The Labute approximate surface area is 113 Å². The molecule has 5 heteroatoms. The van der Waals surface area contributed by atoms with Crippen LogP contribution in [0, 0.1) is 12.8 Å². The van der Waals surface area contributed by atoms with E-state index in [-0.39, 0.29) is 11.9 Å². The van der Waals surface area contributed by atoms with E-state index in [9.17, 15) is 4.79 Å². The first-order valence-corrected chi connectivity index (χ1v) is 7.13. The molecule has 4 nitrogen and oxygen atoms in total. The van der Waals surface area contributed by atoms with Crippen LogP contribution in [0.5, 0.6) is 0 Å². The molecule has 18 heavy (non-hydrogen) atoms. The van der Waals surface area contributed by atoms with E-state index >= 15 is 0 Å². The maximum absolute atomic E-state index is 12.1. The van der Waals surface area contributed by atoms with Crippen molar-refractivity contribution in [1.82, 2.24) is 15.2 Å². The Hall–Kier alpha value is -0.940. The number of carbonyl (C=O) groups excluding carboxylic acids is 1. The molecular weight excluding hydrogens is 246 g/mol. The molecule has 0 fully saturated rings. The molecule has 1 rings (SSSR count). The lowest BCUT2D eigenvalue weighted by Crippen LogP contribution is -2.44. The number of amides is 1. The van der Waals surface area contributed by atoms with Crippen LogP contribution in [0.1, 0.15) is 31.0 Å². The molecule has 0 aromatic carbocycles. The van der Waals surface area contributed by atoms with Crippen LogP contribution in [0.25, 0.3) is 0 Å². The quantitative estimate of drug-likeness (QED) is 0.859. The van der Waals surface area contributed by atoms with Crippen molar-refractivity contribution in [3.05, 3.63) is 16.1 Å². The van der Waals surface area contributed by atoms with Gasteiger partial charge in [-0.15, -0.1) is 11.3 Å². The second-order valence-electron chi connectivity index (χ2n) is 5.18. The van der Waals surface area contributed by atoms with Crippen molar-refractivity contribution in [3.63, 3.8) is 0 Å². The highest BCUT2D eigenvalue weighted by Gasteiger charge is 2.21.